The maximum atomic E-state index is 12.3. The van der Waals surface area contributed by atoms with Crippen LogP contribution in [0.2, 0.25) is 0 Å². The van der Waals surface area contributed by atoms with Gasteiger partial charge in [0.2, 0.25) is 0 Å². The van der Waals surface area contributed by atoms with Gasteiger partial charge in [-0.2, -0.15) is 5.10 Å². The molecule has 27 heavy (non-hydrogen) atoms. The SMILES string of the molecule is O=C(NCc1ccccc1)c1cnc(Nc2cc(C3CCNCC3)[nH]n2)s1. The number of nitrogens with zero attached hydrogens (tertiary/aromatic N) is 2. The van der Waals surface area contributed by atoms with Gasteiger partial charge in [0.25, 0.3) is 5.91 Å². The third kappa shape index (κ3) is 4.53. The predicted octanol–water partition coefficient (Wildman–Crippen LogP) is 3.01. The predicted molar refractivity (Wildman–Crippen MR) is 106 cm³/mol. The number of nitrogens with one attached hydrogen (secondary N) is 4. The zero-order chi connectivity index (χ0) is 18.5. The number of piperidine rings is 1. The highest BCUT2D eigenvalue weighted by Crippen LogP contribution is 2.27. The van der Waals surface area contributed by atoms with E-state index in [-0.39, 0.29) is 5.91 Å². The molecule has 3 aromatic rings. The van der Waals surface area contributed by atoms with Crippen LogP contribution in [0, 0.1) is 0 Å². The van der Waals surface area contributed by atoms with Crippen molar-refractivity contribution in [3.63, 3.8) is 0 Å². The summed E-state index contributed by atoms with van der Waals surface area (Å²) in [4.78, 5) is 17.2. The van der Waals surface area contributed by atoms with Crippen molar-refractivity contribution >= 4 is 28.2 Å². The van der Waals surface area contributed by atoms with E-state index in [9.17, 15) is 4.79 Å². The van der Waals surface area contributed by atoms with Gasteiger partial charge in [0.05, 0.1) is 6.20 Å². The van der Waals surface area contributed by atoms with E-state index in [0.29, 0.717) is 22.5 Å². The monoisotopic (exact) mass is 382 g/mol. The van der Waals surface area contributed by atoms with Crippen molar-refractivity contribution in [1.82, 2.24) is 25.8 Å². The molecule has 0 unspecified atom stereocenters. The molecule has 0 bridgehead atoms. The van der Waals surface area contributed by atoms with Crippen LogP contribution in [0.1, 0.15) is 39.7 Å². The van der Waals surface area contributed by atoms with Crippen LogP contribution in [-0.4, -0.2) is 34.2 Å². The molecule has 1 aliphatic rings. The third-order valence-electron chi connectivity index (χ3n) is 4.64. The standard InChI is InChI=1S/C19H22N6OS/c26-18(21-11-13-4-2-1-3-5-13)16-12-22-19(27-16)23-17-10-15(24-25-17)14-6-8-20-9-7-14/h1-5,10,12,14,20H,6-9,11H2,(H,21,26)(H2,22,23,24,25). The molecule has 1 fully saturated rings. The molecule has 140 valence electrons. The van der Waals surface area contributed by atoms with Crippen LogP contribution >= 0.6 is 11.3 Å². The van der Waals surface area contributed by atoms with Crippen LogP contribution < -0.4 is 16.0 Å². The maximum absolute atomic E-state index is 12.3. The Bertz CT molecular complexity index is 885. The lowest BCUT2D eigenvalue weighted by Crippen LogP contribution is -2.26. The summed E-state index contributed by atoms with van der Waals surface area (Å²) in [5.41, 5.74) is 2.21. The minimum atomic E-state index is -0.123. The number of carbonyl (C=O) groups is 1. The van der Waals surface area contributed by atoms with Gasteiger partial charge in [0, 0.05) is 24.2 Å². The van der Waals surface area contributed by atoms with Gasteiger partial charge >= 0.3 is 0 Å². The van der Waals surface area contributed by atoms with Gasteiger partial charge in [0.15, 0.2) is 10.9 Å². The van der Waals surface area contributed by atoms with Gasteiger partial charge in [-0.15, -0.1) is 0 Å². The molecule has 2 aromatic heterocycles. The van der Waals surface area contributed by atoms with E-state index < -0.39 is 0 Å². The number of H-pyrrole nitrogens is 1. The zero-order valence-electron chi connectivity index (χ0n) is 14.9. The summed E-state index contributed by atoms with van der Waals surface area (Å²) in [6, 6.07) is 11.9. The second-order valence-electron chi connectivity index (χ2n) is 6.56. The van der Waals surface area contributed by atoms with E-state index in [1.165, 1.54) is 11.3 Å². The molecule has 4 rings (SSSR count). The van der Waals surface area contributed by atoms with Crippen molar-refractivity contribution in [1.29, 1.82) is 0 Å². The molecule has 0 radical (unpaired) electrons. The van der Waals surface area contributed by atoms with Crippen LogP contribution in [0.15, 0.2) is 42.6 Å². The lowest BCUT2D eigenvalue weighted by atomic mass is 9.95. The first kappa shape index (κ1) is 17.7. The van der Waals surface area contributed by atoms with Crippen LogP contribution in [0.25, 0.3) is 0 Å². The Kier molecular flexibility index (Phi) is 5.45. The zero-order valence-corrected chi connectivity index (χ0v) is 15.7. The highest BCUT2D eigenvalue weighted by molar-refractivity contribution is 7.17. The van der Waals surface area contributed by atoms with Gasteiger partial charge in [-0.25, -0.2) is 4.98 Å². The minimum absolute atomic E-state index is 0.123. The Hall–Kier alpha value is -2.71. The molecule has 0 saturated carbocycles. The van der Waals surface area contributed by atoms with Gasteiger partial charge in [0.1, 0.15) is 4.88 Å². The lowest BCUT2D eigenvalue weighted by Gasteiger charge is -2.20. The highest BCUT2D eigenvalue weighted by atomic mass is 32.1. The largest absolute Gasteiger partial charge is 0.347 e. The minimum Gasteiger partial charge on any atom is -0.347 e. The molecule has 3 heterocycles. The summed E-state index contributed by atoms with van der Waals surface area (Å²) in [5, 5.41) is 17.6. The van der Waals surface area contributed by atoms with Gasteiger partial charge in [-0.1, -0.05) is 41.7 Å². The average molecular weight is 382 g/mol. The molecule has 1 saturated heterocycles. The van der Waals surface area contributed by atoms with E-state index in [1.807, 2.05) is 36.4 Å². The number of carbonyl (C=O) groups excluding carboxylic acids is 1. The molecule has 1 amide bonds. The highest BCUT2D eigenvalue weighted by Gasteiger charge is 2.18. The number of aromatic nitrogens is 3. The number of rotatable bonds is 6. The van der Waals surface area contributed by atoms with Crippen LogP contribution in [-0.2, 0) is 6.54 Å². The van der Waals surface area contributed by atoms with Crippen LogP contribution in [0.5, 0.6) is 0 Å². The van der Waals surface area contributed by atoms with Crippen molar-refractivity contribution in [2.45, 2.75) is 25.3 Å². The first-order valence-corrected chi connectivity index (χ1v) is 9.90. The van der Waals surface area contributed by atoms with Crippen molar-refractivity contribution in [2.24, 2.45) is 0 Å². The number of amides is 1. The van der Waals surface area contributed by atoms with E-state index in [0.717, 1.165) is 43.0 Å². The molecule has 1 aromatic carbocycles. The number of benzene rings is 1. The van der Waals surface area contributed by atoms with E-state index in [4.69, 9.17) is 0 Å². The summed E-state index contributed by atoms with van der Waals surface area (Å²) >= 11 is 1.32. The second kappa shape index (κ2) is 8.32. The van der Waals surface area contributed by atoms with Crippen molar-refractivity contribution in [3.8, 4) is 0 Å². The Labute approximate surface area is 161 Å². The maximum Gasteiger partial charge on any atom is 0.263 e. The second-order valence-corrected chi connectivity index (χ2v) is 7.59. The van der Waals surface area contributed by atoms with Crippen molar-refractivity contribution < 1.29 is 4.79 Å². The number of hydrogen-bond acceptors (Lipinski definition) is 6. The van der Waals surface area contributed by atoms with Gasteiger partial charge in [-0.3, -0.25) is 9.89 Å². The molecular formula is C19H22N6OS. The van der Waals surface area contributed by atoms with E-state index >= 15 is 0 Å². The molecule has 0 spiro atoms. The topological polar surface area (TPSA) is 94.7 Å². The number of anilines is 2. The molecular weight excluding hydrogens is 360 g/mol. The third-order valence-corrected chi connectivity index (χ3v) is 5.55. The molecule has 7 nitrogen and oxygen atoms in total. The normalized spacial score (nSPS) is 14.8. The fourth-order valence-corrected chi connectivity index (χ4v) is 3.89. The first-order chi connectivity index (χ1) is 13.3. The Morgan fingerprint density at radius 3 is 2.85 bits per heavy atom. The quantitative estimate of drug-likeness (QED) is 0.526. The van der Waals surface area contributed by atoms with Crippen molar-refractivity contribution in [2.75, 3.05) is 18.4 Å². The van der Waals surface area contributed by atoms with Crippen molar-refractivity contribution in [3.05, 3.63) is 58.7 Å². The molecule has 8 heteroatoms. The molecule has 0 aliphatic carbocycles. The fourth-order valence-electron chi connectivity index (χ4n) is 3.15. The summed E-state index contributed by atoms with van der Waals surface area (Å²) in [7, 11) is 0. The number of aromatic amines is 1. The number of thiazole rings is 1. The van der Waals surface area contributed by atoms with Gasteiger partial charge in [-0.05, 0) is 31.5 Å². The van der Waals surface area contributed by atoms with E-state index in [1.54, 1.807) is 6.20 Å². The number of hydrogen-bond donors (Lipinski definition) is 4. The summed E-state index contributed by atoms with van der Waals surface area (Å²) < 4.78 is 0. The Morgan fingerprint density at radius 1 is 1.22 bits per heavy atom. The molecule has 4 N–H and O–H groups in total. The summed E-state index contributed by atoms with van der Waals surface area (Å²) in [6.07, 6.45) is 3.82. The van der Waals surface area contributed by atoms with E-state index in [2.05, 4.69) is 31.1 Å². The Morgan fingerprint density at radius 2 is 2.04 bits per heavy atom. The molecule has 0 atom stereocenters. The fraction of sp³-hybridized carbons (Fsp3) is 0.316. The Balaban J connectivity index is 1.34. The summed E-state index contributed by atoms with van der Waals surface area (Å²) in [5.74, 6) is 1.13. The van der Waals surface area contributed by atoms with Gasteiger partial charge < -0.3 is 16.0 Å². The average Bonchev–Trinajstić information content (AvgIpc) is 3.38. The van der Waals surface area contributed by atoms with Crippen LogP contribution in [0.3, 0.4) is 0 Å². The van der Waals surface area contributed by atoms with Crippen LogP contribution in [0.4, 0.5) is 10.9 Å². The smallest absolute Gasteiger partial charge is 0.263 e. The molecule has 1 aliphatic heterocycles. The first-order valence-electron chi connectivity index (χ1n) is 9.09. The summed E-state index contributed by atoms with van der Waals surface area (Å²) in [6.45, 7) is 2.58. The lowest BCUT2D eigenvalue weighted by molar-refractivity contribution is 0.0955.